The summed E-state index contributed by atoms with van der Waals surface area (Å²) in [4.78, 5) is 25.1. The zero-order valence-corrected chi connectivity index (χ0v) is 15.3. The topological polar surface area (TPSA) is 101 Å². The van der Waals surface area contributed by atoms with Crippen molar-refractivity contribution >= 4 is 23.5 Å². The van der Waals surface area contributed by atoms with Crippen LogP contribution in [0.1, 0.15) is 41.6 Å². The quantitative estimate of drug-likeness (QED) is 0.856. The van der Waals surface area contributed by atoms with Crippen molar-refractivity contribution in [1.82, 2.24) is 15.4 Å². The summed E-state index contributed by atoms with van der Waals surface area (Å²) in [6.45, 7) is 3.69. The number of primary amides is 1. The number of nitrogens with zero attached hydrogens (tertiary/aromatic N) is 2. The minimum Gasteiger partial charge on any atom is -0.364 e. The van der Waals surface area contributed by atoms with Crippen molar-refractivity contribution in [3.05, 3.63) is 52.4 Å². The molecule has 3 N–H and O–H groups in total. The molecule has 138 valence electrons. The summed E-state index contributed by atoms with van der Waals surface area (Å²) in [5.74, 6) is -0.279. The molecule has 1 aliphatic rings. The van der Waals surface area contributed by atoms with Gasteiger partial charge in [0.25, 0.3) is 5.91 Å². The molecule has 2 aromatic rings. The first-order valence-electron chi connectivity index (χ1n) is 8.42. The van der Waals surface area contributed by atoms with E-state index in [0.29, 0.717) is 18.8 Å². The van der Waals surface area contributed by atoms with Gasteiger partial charge in [-0.2, -0.15) is 0 Å². The van der Waals surface area contributed by atoms with Gasteiger partial charge in [0.2, 0.25) is 0 Å². The third kappa shape index (κ3) is 3.99. The van der Waals surface area contributed by atoms with E-state index in [0.717, 1.165) is 17.9 Å². The first kappa shape index (κ1) is 18.3. The molecule has 1 saturated heterocycles. The second kappa shape index (κ2) is 7.37. The standard InChI is InChI=1S/C18H21ClN4O3/c1-18(12-2-4-13(19)5-3-12)6-8-23(9-7-18)17(25)21-11-14-10-15(16(20)24)22-26-14/h2-5,10H,6-9,11H2,1H3,(H2,20,24)(H,21,25). The number of rotatable bonds is 4. The van der Waals surface area contributed by atoms with Crippen LogP contribution in [0.5, 0.6) is 0 Å². The molecule has 2 heterocycles. The van der Waals surface area contributed by atoms with E-state index in [2.05, 4.69) is 29.5 Å². The van der Waals surface area contributed by atoms with Crippen LogP contribution in [-0.4, -0.2) is 35.1 Å². The van der Waals surface area contributed by atoms with Crippen LogP contribution in [0.25, 0.3) is 0 Å². The van der Waals surface area contributed by atoms with Crippen molar-refractivity contribution in [2.75, 3.05) is 13.1 Å². The lowest BCUT2D eigenvalue weighted by molar-refractivity contribution is 0.0991. The molecule has 0 aliphatic carbocycles. The van der Waals surface area contributed by atoms with Gasteiger partial charge in [0.15, 0.2) is 11.5 Å². The van der Waals surface area contributed by atoms with Gasteiger partial charge in [-0.1, -0.05) is 35.8 Å². The normalized spacial score (nSPS) is 16.3. The second-order valence-electron chi connectivity index (χ2n) is 6.76. The number of halogens is 1. The number of carbonyl (C=O) groups excluding carboxylic acids is 2. The summed E-state index contributed by atoms with van der Waals surface area (Å²) in [6, 6.07) is 9.17. The van der Waals surface area contributed by atoms with E-state index >= 15 is 0 Å². The Morgan fingerprint density at radius 3 is 2.54 bits per heavy atom. The van der Waals surface area contributed by atoms with Gasteiger partial charge in [0.05, 0.1) is 6.54 Å². The molecule has 0 unspecified atom stereocenters. The highest BCUT2D eigenvalue weighted by molar-refractivity contribution is 6.30. The molecule has 1 aromatic carbocycles. The average molecular weight is 377 g/mol. The van der Waals surface area contributed by atoms with Gasteiger partial charge in [-0.3, -0.25) is 4.79 Å². The summed E-state index contributed by atoms with van der Waals surface area (Å²) < 4.78 is 4.97. The van der Waals surface area contributed by atoms with E-state index < -0.39 is 5.91 Å². The molecule has 26 heavy (non-hydrogen) atoms. The lowest BCUT2D eigenvalue weighted by Crippen LogP contribution is -2.47. The van der Waals surface area contributed by atoms with Crippen LogP contribution in [-0.2, 0) is 12.0 Å². The molecule has 8 heteroatoms. The fourth-order valence-electron chi connectivity index (χ4n) is 3.13. The number of amides is 3. The SMILES string of the molecule is CC1(c2ccc(Cl)cc2)CCN(C(=O)NCc2cc(C(N)=O)no2)CC1. The monoisotopic (exact) mass is 376 g/mol. The van der Waals surface area contributed by atoms with E-state index in [4.69, 9.17) is 21.9 Å². The highest BCUT2D eigenvalue weighted by Gasteiger charge is 2.33. The Hall–Kier alpha value is -2.54. The number of likely N-dealkylation sites (tertiary alicyclic amines) is 1. The highest BCUT2D eigenvalue weighted by atomic mass is 35.5. The molecule has 0 radical (unpaired) electrons. The first-order chi connectivity index (χ1) is 12.4. The van der Waals surface area contributed by atoms with Crippen molar-refractivity contribution in [2.45, 2.75) is 31.7 Å². The fraction of sp³-hybridized carbons (Fsp3) is 0.389. The zero-order chi connectivity index (χ0) is 18.7. The minimum atomic E-state index is -0.663. The molecule has 1 aliphatic heterocycles. The lowest BCUT2D eigenvalue weighted by Gasteiger charge is -2.39. The number of nitrogens with one attached hydrogen (secondary N) is 1. The molecule has 3 amide bonds. The summed E-state index contributed by atoms with van der Waals surface area (Å²) >= 11 is 5.97. The van der Waals surface area contributed by atoms with Gasteiger partial charge in [-0.05, 0) is 36.0 Å². The molecule has 0 saturated carbocycles. The number of hydrogen-bond donors (Lipinski definition) is 2. The van der Waals surface area contributed by atoms with Gasteiger partial charge < -0.3 is 20.5 Å². The Bertz CT molecular complexity index is 795. The van der Waals surface area contributed by atoms with Crippen molar-refractivity contribution in [3.8, 4) is 0 Å². The third-order valence-corrected chi connectivity index (χ3v) is 5.17. The summed E-state index contributed by atoms with van der Waals surface area (Å²) in [7, 11) is 0. The Labute approximate surface area is 156 Å². The summed E-state index contributed by atoms with van der Waals surface area (Å²) in [5, 5.41) is 7.04. The molecule has 0 bridgehead atoms. The van der Waals surface area contributed by atoms with E-state index in [-0.39, 0.29) is 23.7 Å². The Morgan fingerprint density at radius 1 is 1.31 bits per heavy atom. The Kier molecular flexibility index (Phi) is 5.18. The fourth-order valence-corrected chi connectivity index (χ4v) is 3.26. The van der Waals surface area contributed by atoms with E-state index in [1.807, 2.05) is 12.1 Å². The summed E-state index contributed by atoms with van der Waals surface area (Å²) in [6.07, 6.45) is 1.74. The van der Waals surface area contributed by atoms with Crippen LogP contribution in [0.3, 0.4) is 0 Å². The smallest absolute Gasteiger partial charge is 0.317 e. The van der Waals surface area contributed by atoms with E-state index in [9.17, 15) is 9.59 Å². The molecular formula is C18H21ClN4O3. The average Bonchev–Trinajstić information content (AvgIpc) is 3.10. The predicted molar refractivity (Wildman–Crippen MR) is 96.9 cm³/mol. The molecular weight excluding hydrogens is 356 g/mol. The van der Waals surface area contributed by atoms with Gasteiger partial charge in [0, 0.05) is 24.2 Å². The van der Waals surface area contributed by atoms with Crippen molar-refractivity contribution in [2.24, 2.45) is 5.73 Å². The van der Waals surface area contributed by atoms with E-state index in [1.165, 1.54) is 11.6 Å². The van der Waals surface area contributed by atoms with Crippen LogP contribution in [0, 0.1) is 0 Å². The van der Waals surface area contributed by atoms with Crippen LogP contribution in [0.15, 0.2) is 34.9 Å². The molecule has 0 atom stereocenters. The largest absolute Gasteiger partial charge is 0.364 e. The lowest BCUT2D eigenvalue weighted by atomic mass is 9.74. The molecule has 0 spiro atoms. The molecule has 1 aromatic heterocycles. The third-order valence-electron chi connectivity index (χ3n) is 4.92. The predicted octanol–water partition coefficient (Wildman–Crippen LogP) is 2.69. The molecule has 7 nitrogen and oxygen atoms in total. The van der Waals surface area contributed by atoms with Gasteiger partial charge >= 0.3 is 6.03 Å². The van der Waals surface area contributed by atoms with E-state index in [1.54, 1.807) is 4.90 Å². The maximum atomic E-state index is 12.3. The first-order valence-corrected chi connectivity index (χ1v) is 8.79. The number of hydrogen-bond acceptors (Lipinski definition) is 4. The van der Waals surface area contributed by atoms with Crippen LogP contribution in [0.4, 0.5) is 4.79 Å². The van der Waals surface area contributed by atoms with Crippen LogP contribution in [0.2, 0.25) is 5.02 Å². The maximum Gasteiger partial charge on any atom is 0.317 e. The Morgan fingerprint density at radius 2 is 1.96 bits per heavy atom. The second-order valence-corrected chi connectivity index (χ2v) is 7.19. The minimum absolute atomic E-state index is 0.0304. The van der Waals surface area contributed by atoms with Crippen LogP contribution >= 0.6 is 11.6 Å². The van der Waals surface area contributed by atoms with Crippen molar-refractivity contribution in [1.29, 1.82) is 0 Å². The number of piperidine rings is 1. The van der Waals surface area contributed by atoms with Gasteiger partial charge in [-0.15, -0.1) is 0 Å². The zero-order valence-electron chi connectivity index (χ0n) is 14.5. The highest BCUT2D eigenvalue weighted by Crippen LogP contribution is 2.35. The number of benzene rings is 1. The van der Waals surface area contributed by atoms with Crippen LogP contribution < -0.4 is 11.1 Å². The number of carbonyl (C=O) groups is 2. The Balaban J connectivity index is 1.53. The van der Waals surface area contributed by atoms with Crippen molar-refractivity contribution in [3.63, 3.8) is 0 Å². The number of nitrogens with two attached hydrogens (primary N) is 1. The molecule has 1 fully saturated rings. The van der Waals surface area contributed by atoms with Gasteiger partial charge in [-0.25, -0.2) is 4.79 Å². The maximum absolute atomic E-state index is 12.3. The number of aromatic nitrogens is 1. The number of urea groups is 1. The van der Waals surface area contributed by atoms with Gasteiger partial charge in [0.1, 0.15) is 0 Å². The summed E-state index contributed by atoms with van der Waals surface area (Å²) in [5.41, 5.74) is 6.43. The molecule has 3 rings (SSSR count). The van der Waals surface area contributed by atoms with Crippen molar-refractivity contribution < 1.29 is 14.1 Å².